The van der Waals surface area contributed by atoms with Crippen LogP contribution in [0, 0.1) is 0 Å². The van der Waals surface area contributed by atoms with Crippen molar-refractivity contribution in [1.29, 1.82) is 0 Å². The van der Waals surface area contributed by atoms with Gasteiger partial charge in [0.05, 0.1) is 19.6 Å². The van der Waals surface area contributed by atoms with Crippen molar-refractivity contribution in [1.82, 2.24) is 10.2 Å². The molecule has 7 heteroatoms. The van der Waals surface area contributed by atoms with Gasteiger partial charge in [-0.25, -0.2) is 0 Å². The predicted molar refractivity (Wildman–Crippen MR) is 56.5 cm³/mol. The summed E-state index contributed by atoms with van der Waals surface area (Å²) in [6.07, 6.45) is 1.49. The minimum atomic E-state index is -1.13. The fourth-order valence-electron chi connectivity index (χ4n) is 1.02. The smallest absolute Gasteiger partial charge is 0.317 e. The van der Waals surface area contributed by atoms with E-state index in [1.807, 2.05) is 0 Å². The molecule has 0 heterocycles. The second kappa shape index (κ2) is 7.41. The molecule has 0 aliphatic heterocycles. The van der Waals surface area contributed by atoms with Crippen molar-refractivity contribution < 1.29 is 19.5 Å². The third-order valence-electron chi connectivity index (χ3n) is 1.55. The number of nitrogens with zero attached hydrogens (tertiary/aromatic N) is 1. The second-order valence-corrected chi connectivity index (χ2v) is 3.10. The number of hydrogen-bond acceptors (Lipinski definition) is 4. The molecule has 0 aromatic carbocycles. The van der Waals surface area contributed by atoms with Crippen molar-refractivity contribution in [3.05, 3.63) is 12.7 Å². The third-order valence-corrected chi connectivity index (χ3v) is 1.55. The van der Waals surface area contributed by atoms with Gasteiger partial charge in [0.1, 0.15) is 0 Å². The highest BCUT2D eigenvalue weighted by atomic mass is 16.4. The number of aliphatic carboxylic acids is 1. The zero-order chi connectivity index (χ0) is 12.6. The van der Waals surface area contributed by atoms with Gasteiger partial charge in [-0.15, -0.1) is 6.58 Å². The lowest BCUT2D eigenvalue weighted by Crippen LogP contribution is -2.43. The molecule has 0 fully saturated rings. The Kier molecular flexibility index (Phi) is 6.53. The highest BCUT2D eigenvalue weighted by molar-refractivity contribution is 5.81. The molecule has 2 amide bonds. The maximum Gasteiger partial charge on any atom is 0.317 e. The zero-order valence-corrected chi connectivity index (χ0v) is 8.81. The number of hydrogen-bond donors (Lipinski definition) is 3. The average Bonchev–Trinajstić information content (AvgIpc) is 2.12. The Hall–Kier alpha value is -1.89. The van der Waals surface area contributed by atoms with Crippen LogP contribution in [-0.4, -0.2) is 54.0 Å². The first-order valence-electron chi connectivity index (χ1n) is 4.55. The molecule has 0 unspecified atom stereocenters. The first kappa shape index (κ1) is 14.1. The molecule has 0 atom stereocenters. The number of carbonyl (C=O) groups is 3. The van der Waals surface area contributed by atoms with Crippen LogP contribution in [0.2, 0.25) is 0 Å². The van der Waals surface area contributed by atoms with Gasteiger partial charge in [0.25, 0.3) is 0 Å². The van der Waals surface area contributed by atoms with Crippen LogP contribution in [-0.2, 0) is 14.4 Å². The number of rotatable bonds is 8. The lowest BCUT2D eigenvalue weighted by Gasteiger charge is -2.17. The van der Waals surface area contributed by atoms with E-state index in [0.717, 1.165) is 4.90 Å². The number of carboxylic acids is 1. The van der Waals surface area contributed by atoms with Gasteiger partial charge < -0.3 is 16.2 Å². The Morgan fingerprint density at radius 1 is 1.31 bits per heavy atom. The molecule has 0 spiro atoms. The summed E-state index contributed by atoms with van der Waals surface area (Å²) in [7, 11) is 0. The topological polar surface area (TPSA) is 113 Å². The Labute approximate surface area is 92.9 Å². The van der Waals surface area contributed by atoms with E-state index in [-0.39, 0.29) is 25.5 Å². The summed E-state index contributed by atoms with van der Waals surface area (Å²) in [5.74, 6) is -2.20. The lowest BCUT2D eigenvalue weighted by atomic mass is 10.4. The van der Waals surface area contributed by atoms with Crippen molar-refractivity contribution in [3.63, 3.8) is 0 Å². The lowest BCUT2D eigenvalue weighted by molar-refractivity contribution is -0.139. The largest absolute Gasteiger partial charge is 0.480 e. The molecule has 0 aromatic heterocycles. The summed E-state index contributed by atoms with van der Waals surface area (Å²) in [6, 6.07) is 0. The number of nitrogens with one attached hydrogen (secondary N) is 1. The van der Waals surface area contributed by atoms with Crippen molar-refractivity contribution in [2.45, 2.75) is 0 Å². The van der Waals surface area contributed by atoms with Crippen LogP contribution < -0.4 is 11.1 Å². The fourth-order valence-corrected chi connectivity index (χ4v) is 1.02. The molecule has 0 rings (SSSR count). The van der Waals surface area contributed by atoms with E-state index in [4.69, 9.17) is 10.8 Å². The zero-order valence-electron chi connectivity index (χ0n) is 8.81. The molecule has 90 valence electrons. The minimum Gasteiger partial charge on any atom is -0.480 e. The van der Waals surface area contributed by atoms with E-state index in [1.54, 1.807) is 0 Å². The summed E-state index contributed by atoms with van der Waals surface area (Å²) >= 11 is 0. The Morgan fingerprint density at radius 2 is 1.94 bits per heavy atom. The maximum absolute atomic E-state index is 11.2. The van der Waals surface area contributed by atoms with Crippen LogP contribution in [0.15, 0.2) is 12.7 Å². The molecule has 0 aromatic rings. The summed E-state index contributed by atoms with van der Waals surface area (Å²) in [4.78, 5) is 33.4. The average molecular weight is 229 g/mol. The van der Waals surface area contributed by atoms with Crippen LogP contribution in [0.4, 0.5) is 0 Å². The highest BCUT2D eigenvalue weighted by Crippen LogP contribution is 1.87. The highest BCUT2D eigenvalue weighted by Gasteiger charge is 2.15. The van der Waals surface area contributed by atoms with Gasteiger partial charge in [-0.2, -0.15) is 0 Å². The van der Waals surface area contributed by atoms with Gasteiger partial charge in [0.2, 0.25) is 11.8 Å². The standard InChI is InChI=1S/C9H15N3O4/c1-2-3-11-8(14)5-12(4-7(10)13)6-9(15)16/h2H,1,3-6H2,(H2,10,13)(H,11,14)(H,15,16). The summed E-state index contributed by atoms with van der Waals surface area (Å²) in [5, 5.41) is 11.0. The normalized spacial score (nSPS) is 9.81. The van der Waals surface area contributed by atoms with Crippen molar-refractivity contribution in [2.75, 3.05) is 26.2 Å². The molecule has 0 aliphatic carbocycles. The van der Waals surface area contributed by atoms with E-state index in [1.165, 1.54) is 6.08 Å². The summed E-state index contributed by atoms with van der Waals surface area (Å²) in [6.45, 7) is 2.83. The second-order valence-electron chi connectivity index (χ2n) is 3.10. The first-order chi connectivity index (χ1) is 7.45. The van der Waals surface area contributed by atoms with Crippen molar-refractivity contribution >= 4 is 17.8 Å². The maximum atomic E-state index is 11.2. The Morgan fingerprint density at radius 3 is 2.38 bits per heavy atom. The van der Waals surface area contributed by atoms with Crippen LogP contribution in [0.5, 0.6) is 0 Å². The van der Waals surface area contributed by atoms with Crippen LogP contribution in [0.1, 0.15) is 0 Å². The Balaban J connectivity index is 4.18. The SMILES string of the molecule is C=CCNC(=O)CN(CC(N)=O)CC(=O)O. The van der Waals surface area contributed by atoms with Crippen molar-refractivity contribution in [2.24, 2.45) is 5.73 Å². The molecule has 0 radical (unpaired) electrons. The number of nitrogens with two attached hydrogens (primary N) is 1. The summed E-state index contributed by atoms with van der Waals surface area (Å²) < 4.78 is 0. The Bertz CT molecular complexity index is 274. The number of carbonyl (C=O) groups excluding carboxylic acids is 2. The minimum absolute atomic E-state index is 0.191. The van der Waals surface area contributed by atoms with Crippen LogP contribution in [0.25, 0.3) is 0 Å². The number of carboxylic acid groups (broad SMARTS) is 1. The van der Waals surface area contributed by atoms with Gasteiger partial charge in [0, 0.05) is 6.54 Å². The number of primary amides is 1. The predicted octanol–water partition coefficient (Wildman–Crippen LogP) is -1.84. The fraction of sp³-hybridized carbons (Fsp3) is 0.444. The monoisotopic (exact) mass is 229 g/mol. The first-order valence-corrected chi connectivity index (χ1v) is 4.55. The molecule has 0 aliphatic rings. The summed E-state index contributed by atoms with van der Waals surface area (Å²) in [5.41, 5.74) is 4.92. The van der Waals surface area contributed by atoms with E-state index in [9.17, 15) is 14.4 Å². The van der Waals surface area contributed by atoms with Crippen molar-refractivity contribution in [3.8, 4) is 0 Å². The van der Waals surface area contributed by atoms with Gasteiger partial charge in [-0.05, 0) is 0 Å². The van der Waals surface area contributed by atoms with Gasteiger partial charge in [0.15, 0.2) is 0 Å². The van der Waals surface area contributed by atoms with Gasteiger partial charge in [-0.1, -0.05) is 6.08 Å². The number of amides is 2. The molecule has 16 heavy (non-hydrogen) atoms. The molecule has 0 saturated heterocycles. The van der Waals surface area contributed by atoms with Gasteiger partial charge >= 0.3 is 5.97 Å². The van der Waals surface area contributed by atoms with E-state index in [2.05, 4.69) is 11.9 Å². The molecule has 0 bridgehead atoms. The molecule has 0 saturated carbocycles. The molecular formula is C9H15N3O4. The van der Waals surface area contributed by atoms with Gasteiger partial charge in [-0.3, -0.25) is 19.3 Å². The van der Waals surface area contributed by atoms with Crippen LogP contribution >= 0.6 is 0 Å². The molecule has 4 N–H and O–H groups in total. The van der Waals surface area contributed by atoms with E-state index >= 15 is 0 Å². The molecule has 7 nitrogen and oxygen atoms in total. The van der Waals surface area contributed by atoms with Crippen LogP contribution in [0.3, 0.4) is 0 Å². The van der Waals surface area contributed by atoms with E-state index in [0.29, 0.717) is 0 Å². The van der Waals surface area contributed by atoms with E-state index < -0.39 is 18.4 Å². The quantitative estimate of drug-likeness (QED) is 0.423. The third kappa shape index (κ3) is 7.51. The molecular weight excluding hydrogens is 214 g/mol.